The number of carboxylic acids is 1. The van der Waals surface area contributed by atoms with Crippen molar-refractivity contribution >= 4 is 16.8 Å². The Hall–Kier alpha value is -1.74. The standard InChI is InChI=1S/C11H10FNO3S/c12-10-4-3-8(7-9(10)11(14)15)17(16)6-2-1-5-13/h3-4,7H,1-2,6H2,(H,14,15). The van der Waals surface area contributed by atoms with E-state index in [1.54, 1.807) is 0 Å². The molecule has 1 rings (SSSR count). The van der Waals surface area contributed by atoms with Crippen molar-refractivity contribution in [3.05, 3.63) is 29.6 Å². The first kappa shape index (κ1) is 13.3. The van der Waals surface area contributed by atoms with Crippen molar-refractivity contribution in [1.82, 2.24) is 0 Å². The third-order valence-electron chi connectivity index (χ3n) is 2.05. The molecule has 0 aliphatic heterocycles. The molecule has 1 N–H and O–H groups in total. The molecule has 0 spiro atoms. The molecule has 4 nitrogen and oxygen atoms in total. The number of rotatable bonds is 5. The van der Waals surface area contributed by atoms with Gasteiger partial charge in [-0.05, 0) is 24.6 Å². The van der Waals surface area contributed by atoms with E-state index in [-0.39, 0.29) is 10.6 Å². The SMILES string of the molecule is N#CCCCS(=O)c1ccc(F)c(C(=O)O)c1. The van der Waals surface area contributed by atoms with Crippen LogP contribution >= 0.6 is 0 Å². The Labute approximate surface area is 100 Å². The van der Waals surface area contributed by atoms with E-state index in [0.717, 1.165) is 12.1 Å². The summed E-state index contributed by atoms with van der Waals surface area (Å²) < 4.78 is 24.8. The molecule has 0 aliphatic rings. The summed E-state index contributed by atoms with van der Waals surface area (Å²) >= 11 is 0. The minimum atomic E-state index is -1.40. The highest BCUT2D eigenvalue weighted by Crippen LogP contribution is 2.14. The molecule has 1 atom stereocenters. The molecule has 17 heavy (non-hydrogen) atoms. The third kappa shape index (κ3) is 3.64. The highest BCUT2D eigenvalue weighted by molar-refractivity contribution is 7.85. The Balaban J connectivity index is 2.85. The molecule has 1 aromatic rings. The fourth-order valence-electron chi connectivity index (χ4n) is 1.21. The van der Waals surface area contributed by atoms with E-state index < -0.39 is 28.1 Å². The van der Waals surface area contributed by atoms with Gasteiger partial charge in [0, 0.05) is 17.1 Å². The van der Waals surface area contributed by atoms with Gasteiger partial charge in [-0.25, -0.2) is 9.18 Å². The Morgan fingerprint density at radius 3 is 2.82 bits per heavy atom. The van der Waals surface area contributed by atoms with Crippen molar-refractivity contribution < 1.29 is 18.5 Å². The minimum absolute atomic E-state index is 0.262. The van der Waals surface area contributed by atoms with Gasteiger partial charge in [-0.2, -0.15) is 5.26 Å². The molecule has 90 valence electrons. The quantitative estimate of drug-likeness (QED) is 0.815. The molecule has 0 saturated carbocycles. The van der Waals surface area contributed by atoms with Gasteiger partial charge in [0.25, 0.3) is 0 Å². The first-order chi connectivity index (χ1) is 8.06. The fourth-order valence-corrected chi connectivity index (χ4v) is 2.32. The summed E-state index contributed by atoms with van der Waals surface area (Å²) in [6, 6.07) is 5.28. The lowest BCUT2D eigenvalue weighted by atomic mass is 10.2. The normalized spacial score (nSPS) is 11.8. The van der Waals surface area contributed by atoms with Gasteiger partial charge in [-0.15, -0.1) is 0 Å². The van der Waals surface area contributed by atoms with Crippen molar-refractivity contribution in [2.24, 2.45) is 0 Å². The Kier molecular flexibility index (Phi) is 4.79. The van der Waals surface area contributed by atoms with Crippen molar-refractivity contribution in [3.8, 4) is 6.07 Å². The minimum Gasteiger partial charge on any atom is -0.478 e. The molecular weight excluding hydrogens is 245 g/mol. The number of nitriles is 1. The van der Waals surface area contributed by atoms with Crippen LogP contribution in [0.2, 0.25) is 0 Å². The lowest BCUT2D eigenvalue weighted by Gasteiger charge is -2.03. The van der Waals surface area contributed by atoms with Crippen molar-refractivity contribution in [2.45, 2.75) is 17.7 Å². The van der Waals surface area contributed by atoms with Crippen LogP contribution in [0, 0.1) is 17.1 Å². The Bertz CT molecular complexity index is 496. The van der Waals surface area contributed by atoms with Gasteiger partial charge in [0.2, 0.25) is 0 Å². The third-order valence-corrected chi connectivity index (χ3v) is 3.49. The molecular formula is C11H10FNO3S. The number of hydrogen-bond acceptors (Lipinski definition) is 3. The first-order valence-corrected chi connectivity index (χ1v) is 6.16. The molecule has 0 radical (unpaired) electrons. The van der Waals surface area contributed by atoms with Crippen molar-refractivity contribution in [3.63, 3.8) is 0 Å². The second-order valence-corrected chi connectivity index (χ2v) is 4.83. The Morgan fingerprint density at radius 1 is 1.53 bits per heavy atom. The number of benzene rings is 1. The molecule has 6 heteroatoms. The number of aromatic carboxylic acids is 1. The monoisotopic (exact) mass is 255 g/mol. The van der Waals surface area contributed by atoms with Crippen LogP contribution in [0.3, 0.4) is 0 Å². The summed E-state index contributed by atoms with van der Waals surface area (Å²) in [5, 5.41) is 17.0. The van der Waals surface area contributed by atoms with Crippen LogP contribution in [0.15, 0.2) is 23.1 Å². The van der Waals surface area contributed by atoms with Crippen molar-refractivity contribution in [1.29, 1.82) is 5.26 Å². The summed E-state index contributed by atoms with van der Waals surface area (Å²) in [5.74, 6) is -1.98. The van der Waals surface area contributed by atoms with Gasteiger partial charge >= 0.3 is 5.97 Å². The zero-order chi connectivity index (χ0) is 12.8. The molecule has 0 saturated heterocycles. The molecule has 1 aromatic carbocycles. The van der Waals surface area contributed by atoms with E-state index in [0.29, 0.717) is 12.8 Å². The maximum Gasteiger partial charge on any atom is 0.338 e. The van der Waals surface area contributed by atoms with Gasteiger partial charge in [-0.1, -0.05) is 0 Å². The largest absolute Gasteiger partial charge is 0.478 e. The molecule has 0 fully saturated rings. The topological polar surface area (TPSA) is 78.2 Å². The van der Waals surface area contributed by atoms with Crippen molar-refractivity contribution in [2.75, 3.05) is 5.75 Å². The summed E-state index contributed by atoms with van der Waals surface area (Å²) in [5.41, 5.74) is -0.490. The smallest absolute Gasteiger partial charge is 0.338 e. The van der Waals surface area contributed by atoms with Crippen LogP contribution in [-0.2, 0) is 10.8 Å². The zero-order valence-corrected chi connectivity index (χ0v) is 9.67. The first-order valence-electron chi connectivity index (χ1n) is 4.84. The van der Waals surface area contributed by atoms with Crippen LogP contribution in [0.1, 0.15) is 23.2 Å². The number of carbonyl (C=O) groups is 1. The van der Waals surface area contributed by atoms with Crippen LogP contribution < -0.4 is 0 Å². The van der Waals surface area contributed by atoms with Crippen LogP contribution in [0.4, 0.5) is 4.39 Å². The van der Waals surface area contributed by atoms with Crippen LogP contribution in [0.25, 0.3) is 0 Å². The average Bonchev–Trinajstić information content (AvgIpc) is 2.29. The van der Waals surface area contributed by atoms with Gasteiger partial charge in [0.15, 0.2) is 0 Å². The highest BCUT2D eigenvalue weighted by atomic mass is 32.2. The van der Waals surface area contributed by atoms with Gasteiger partial charge < -0.3 is 5.11 Å². The van der Waals surface area contributed by atoms with E-state index in [4.69, 9.17) is 10.4 Å². The van der Waals surface area contributed by atoms with Gasteiger partial charge in [0.1, 0.15) is 5.82 Å². The van der Waals surface area contributed by atoms with E-state index >= 15 is 0 Å². The zero-order valence-electron chi connectivity index (χ0n) is 8.85. The highest BCUT2D eigenvalue weighted by Gasteiger charge is 2.13. The second kappa shape index (κ2) is 6.11. The average molecular weight is 255 g/mol. The fraction of sp³-hybridized carbons (Fsp3) is 0.273. The lowest BCUT2D eigenvalue weighted by molar-refractivity contribution is 0.0691. The van der Waals surface area contributed by atoms with Crippen LogP contribution in [-0.4, -0.2) is 21.0 Å². The number of nitrogens with zero attached hydrogens (tertiary/aromatic N) is 1. The maximum absolute atomic E-state index is 13.1. The Morgan fingerprint density at radius 2 is 2.24 bits per heavy atom. The van der Waals surface area contributed by atoms with Gasteiger partial charge in [-0.3, -0.25) is 4.21 Å². The molecule has 0 aromatic heterocycles. The molecule has 0 aliphatic carbocycles. The number of unbranched alkanes of at least 4 members (excludes halogenated alkanes) is 1. The van der Waals surface area contributed by atoms with Gasteiger partial charge in [0.05, 0.1) is 22.4 Å². The summed E-state index contributed by atoms with van der Waals surface area (Å²) in [7, 11) is -1.40. The molecule has 0 bridgehead atoms. The van der Waals surface area contributed by atoms with E-state index in [1.165, 1.54) is 6.07 Å². The molecule has 0 heterocycles. The number of carboxylic acid groups (broad SMARTS) is 1. The predicted octanol–water partition coefficient (Wildman–Crippen LogP) is 1.94. The lowest BCUT2D eigenvalue weighted by Crippen LogP contribution is -2.04. The summed E-state index contributed by atoms with van der Waals surface area (Å²) in [4.78, 5) is 10.9. The molecule has 1 unspecified atom stereocenters. The van der Waals surface area contributed by atoms with E-state index in [2.05, 4.69) is 0 Å². The number of halogens is 1. The van der Waals surface area contributed by atoms with E-state index in [1.807, 2.05) is 6.07 Å². The summed E-state index contributed by atoms with van der Waals surface area (Å²) in [6.07, 6.45) is 0.752. The number of hydrogen-bond donors (Lipinski definition) is 1. The maximum atomic E-state index is 13.1. The predicted molar refractivity (Wildman–Crippen MR) is 59.5 cm³/mol. The summed E-state index contributed by atoms with van der Waals surface area (Å²) in [6.45, 7) is 0. The van der Waals surface area contributed by atoms with E-state index in [9.17, 15) is 13.4 Å². The van der Waals surface area contributed by atoms with Crippen LogP contribution in [0.5, 0.6) is 0 Å². The second-order valence-electron chi connectivity index (χ2n) is 3.26. The molecule has 0 amide bonds.